The average molecular weight is 488 g/mol. The zero-order chi connectivity index (χ0) is 24.4. The molecular formula is C22H19F3N6O2S. The molecule has 1 unspecified atom stereocenters. The van der Waals surface area contributed by atoms with Gasteiger partial charge < -0.3 is 10.5 Å². The molecule has 0 amide bonds. The second-order valence-electron chi connectivity index (χ2n) is 7.22. The molecule has 1 aromatic carbocycles. The highest BCUT2D eigenvalue weighted by molar-refractivity contribution is 7.82. The highest BCUT2D eigenvalue weighted by Gasteiger charge is 2.22. The fourth-order valence-electron chi connectivity index (χ4n) is 3.38. The SMILES string of the molecule is Cc1cc(-c2c(OCc3nccn3S(C)=O)nc(N)nc2-c2ccc(F)cc2)cc(C(F)F)n1. The van der Waals surface area contributed by atoms with E-state index >= 15 is 0 Å². The van der Waals surface area contributed by atoms with Crippen molar-refractivity contribution in [3.63, 3.8) is 0 Å². The van der Waals surface area contributed by atoms with E-state index in [2.05, 4.69) is 19.9 Å². The van der Waals surface area contributed by atoms with Gasteiger partial charge >= 0.3 is 0 Å². The molecular weight excluding hydrogens is 469 g/mol. The summed E-state index contributed by atoms with van der Waals surface area (Å²) in [7, 11) is -1.37. The monoisotopic (exact) mass is 488 g/mol. The molecule has 4 rings (SSSR count). The highest BCUT2D eigenvalue weighted by atomic mass is 32.2. The molecule has 2 N–H and O–H groups in total. The van der Waals surface area contributed by atoms with Crippen molar-refractivity contribution in [2.24, 2.45) is 0 Å². The molecule has 0 radical (unpaired) electrons. The molecule has 176 valence electrons. The van der Waals surface area contributed by atoms with Crippen molar-refractivity contribution in [2.75, 3.05) is 12.0 Å². The molecule has 0 aliphatic carbocycles. The van der Waals surface area contributed by atoms with Crippen molar-refractivity contribution < 1.29 is 22.1 Å². The Morgan fingerprint density at radius 1 is 1.12 bits per heavy atom. The first-order chi connectivity index (χ1) is 16.2. The van der Waals surface area contributed by atoms with Crippen molar-refractivity contribution in [1.29, 1.82) is 0 Å². The topological polar surface area (TPSA) is 109 Å². The molecule has 0 aliphatic heterocycles. The molecule has 0 spiro atoms. The van der Waals surface area contributed by atoms with Crippen LogP contribution in [0.2, 0.25) is 0 Å². The van der Waals surface area contributed by atoms with Crippen LogP contribution >= 0.6 is 0 Å². The number of nitrogens with zero attached hydrogens (tertiary/aromatic N) is 5. The number of anilines is 1. The van der Waals surface area contributed by atoms with E-state index in [0.29, 0.717) is 22.6 Å². The van der Waals surface area contributed by atoms with E-state index in [4.69, 9.17) is 10.5 Å². The number of hydrogen-bond acceptors (Lipinski definition) is 7. The summed E-state index contributed by atoms with van der Waals surface area (Å²) in [5.74, 6) is -0.246. The molecule has 0 fully saturated rings. The van der Waals surface area contributed by atoms with E-state index in [1.165, 1.54) is 53.0 Å². The zero-order valence-electron chi connectivity index (χ0n) is 18.1. The lowest BCUT2D eigenvalue weighted by Gasteiger charge is -2.16. The van der Waals surface area contributed by atoms with Crippen molar-refractivity contribution in [3.8, 4) is 28.3 Å². The maximum atomic E-state index is 13.6. The maximum absolute atomic E-state index is 13.6. The van der Waals surface area contributed by atoms with Gasteiger partial charge in [0, 0.05) is 29.9 Å². The third kappa shape index (κ3) is 4.91. The first-order valence-electron chi connectivity index (χ1n) is 9.92. The zero-order valence-corrected chi connectivity index (χ0v) is 18.9. The molecule has 12 heteroatoms. The lowest BCUT2D eigenvalue weighted by Crippen LogP contribution is -2.11. The second-order valence-corrected chi connectivity index (χ2v) is 8.46. The normalized spacial score (nSPS) is 12.2. The van der Waals surface area contributed by atoms with E-state index in [1.54, 1.807) is 13.0 Å². The number of alkyl halides is 2. The Morgan fingerprint density at radius 3 is 2.53 bits per heavy atom. The number of rotatable bonds is 7. The number of pyridine rings is 1. The Hall–Kier alpha value is -3.80. The molecule has 8 nitrogen and oxygen atoms in total. The largest absolute Gasteiger partial charge is 0.469 e. The van der Waals surface area contributed by atoms with Gasteiger partial charge in [0.25, 0.3) is 6.43 Å². The summed E-state index contributed by atoms with van der Waals surface area (Å²) in [5.41, 5.74) is 7.16. The van der Waals surface area contributed by atoms with Crippen LogP contribution in [0.4, 0.5) is 19.1 Å². The Balaban J connectivity index is 1.89. The third-order valence-electron chi connectivity index (χ3n) is 4.79. The second kappa shape index (κ2) is 9.59. The van der Waals surface area contributed by atoms with Gasteiger partial charge in [-0.2, -0.15) is 4.98 Å². The lowest BCUT2D eigenvalue weighted by atomic mass is 9.99. The van der Waals surface area contributed by atoms with E-state index in [-0.39, 0.29) is 29.7 Å². The number of aromatic nitrogens is 5. The summed E-state index contributed by atoms with van der Waals surface area (Å²) in [5, 5.41) is 0. The van der Waals surface area contributed by atoms with Gasteiger partial charge in [0.2, 0.25) is 11.8 Å². The molecule has 0 saturated carbocycles. The van der Waals surface area contributed by atoms with E-state index in [1.807, 2.05) is 0 Å². The van der Waals surface area contributed by atoms with Crippen LogP contribution in [-0.2, 0) is 17.6 Å². The van der Waals surface area contributed by atoms with Gasteiger partial charge in [0.15, 0.2) is 5.82 Å². The first kappa shape index (κ1) is 23.4. The number of halogens is 3. The number of benzene rings is 1. The number of ether oxygens (including phenoxy) is 1. The van der Waals surface area contributed by atoms with Crippen LogP contribution in [0, 0.1) is 12.7 Å². The molecule has 34 heavy (non-hydrogen) atoms. The number of nitrogen functional groups attached to an aromatic ring is 1. The summed E-state index contributed by atoms with van der Waals surface area (Å²) in [6.07, 6.45) is 1.69. The van der Waals surface area contributed by atoms with Crippen LogP contribution in [0.5, 0.6) is 5.88 Å². The summed E-state index contributed by atoms with van der Waals surface area (Å²) in [4.78, 5) is 16.5. The lowest BCUT2D eigenvalue weighted by molar-refractivity contribution is 0.146. The molecule has 3 heterocycles. The molecule has 0 saturated heterocycles. The Labute approximate surface area is 195 Å². The van der Waals surface area contributed by atoms with Crippen molar-refractivity contribution in [2.45, 2.75) is 20.0 Å². The minimum Gasteiger partial charge on any atom is -0.469 e. The van der Waals surface area contributed by atoms with E-state index < -0.39 is 28.9 Å². The molecule has 1 atom stereocenters. The number of aryl methyl sites for hydroxylation is 1. The summed E-state index contributed by atoms with van der Waals surface area (Å²) >= 11 is 0. The smallest absolute Gasteiger partial charge is 0.280 e. The minimum atomic E-state index is -2.81. The van der Waals surface area contributed by atoms with Crippen molar-refractivity contribution in [3.05, 3.63) is 71.8 Å². The van der Waals surface area contributed by atoms with Crippen LogP contribution < -0.4 is 10.5 Å². The van der Waals surface area contributed by atoms with Gasteiger partial charge in [-0.15, -0.1) is 0 Å². The van der Waals surface area contributed by atoms with Crippen LogP contribution in [0.3, 0.4) is 0 Å². The van der Waals surface area contributed by atoms with Gasteiger partial charge in [-0.3, -0.25) is 4.98 Å². The summed E-state index contributed by atoms with van der Waals surface area (Å²) < 4.78 is 59.8. The maximum Gasteiger partial charge on any atom is 0.280 e. The van der Waals surface area contributed by atoms with Gasteiger partial charge in [-0.1, -0.05) is 0 Å². The Kier molecular flexibility index (Phi) is 6.59. The molecule has 0 aliphatic rings. The fourth-order valence-corrected chi connectivity index (χ4v) is 4.00. The third-order valence-corrected chi connectivity index (χ3v) is 5.68. The number of nitrogens with two attached hydrogens (primary N) is 1. The van der Waals surface area contributed by atoms with Crippen molar-refractivity contribution >= 4 is 16.9 Å². The van der Waals surface area contributed by atoms with Gasteiger partial charge in [0.05, 0.1) is 11.3 Å². The highest BCUT2D eigenvalue weighted by Crippen LogP contribution is 2.39. The molecule has 3 aromatic heterocycles. The van der Waals surface area contributed by atoms with Crippen molar-refractivity contribution in [1.82, 2.24) is 23.9 Å². The average Bonchev–Trinajstić information content (AvgIpc) is 3.26. The number of hydrogen-bond donors (Lipinski definition) is 1. The van der Waals surface area contributed by atoms with Gasteiger partial charge in [-0.05, 0) is 48.9 Å². The predicted molar refractivity (Wildman–Crippen MR) is 121 cm³/mol. The fraction of sp³-hybridized carbons (Fsp3) is 0.182. The van der Waals surface area contributed by atoms with Crippen LogP contribution in [0.25, 0.3) is 22.4 Å². The number of imidazole rings is 1. The summed E-state index contributed by atoms with van der Waals surface area (Å²) in [6, 6.07) is 8.26. The summed E-state index contributed by atoms with van der Waals surface area (Å²) in [6.45, 7) is 1.45. The molecule has 0 bridgehead atoms. The quantitative estimate of drug-likeness (QED) is 0.417. The predicted octanol–water partition coefficient (Wildman–Crippen LogP) is 4.09. The van der Waals surface area contributed by atoms with E-state index in [9.17, 15) is 17.4 Å². The van der Waals surface area contributed by atoms with Crippen LogP contribution in [-0.4, -0.2) is 34.4 Å². The van der Waals surface area contributed by atoms with Gasteiger partial charge in [0.1, 0.15) is 29.1 Å². The van der Waals surface area contributed by atoms with E-state index in [0.717, 1.165) is 0 Å². The standard InChI is InChI=1S/C22H19F3N6O2S/c1-12-9-14(10-16(28-12)20(24)25)18-19(13-3-5-15(23)6-4-13)29-22(26)30-21(18)33-11-17-27-7-8-31(17)34(2)32/h3-10,20H,11H2,1-2H3,(H2,26,29,30). The van der Waals surface area contributed by atoms with Crippen LogP contribution in [0.15, 0.2) is 48.8 Å². The Bertz CT molecular complexity index is 1360. The van der Waals surface area contributed by atoms with Gasteiger partial charge in [-0.25, -0.2) is 31.3 Å². The first-order valence-corrected chi connectivity index (χ1v) is 11.4. The Morgan fingerprint density at radius 2 is 1.85 bits per heavy atom. The van der Waals surface area contributed by atoms with Crippen LogP contribution in [0.1, 0.15) is 23.6 Å². The minimum absolute atomic E-state index is 0.00548. The molecule has 4 aromatic rings.